The molecule has 0 aromatic carbocycles. The minimum atomic E-state index is 0.135. The van der Waals surface area contributed by atoms with E-state index in [0.717, 1.165) is 5.56 Å². The molecule has 0 saturated heterocycles. The van der Waals surface area contributed by atoms with Crippen molar-refractivity contribution >= 4 is 11.3 Å². The number of nitrogens with zero attached hydrogens (tertiary/aromatic N) is 1. The molecule has 2 heterocycles. The third kappa shape index (κ3) is 2.31. The third-order valence-corrected chi connectivity index (χ3v) is 3.86. The molecular formula is C13H16N2S. The van der Waals surface area contributed by atoms with Crippen molar-refractivity contribution in [2.45, 2.75) is 19.9 Å². The van der Waals surface area contributed by atoms with Gasteiger partial charge < -0.3 is 5.73 Å². The first kappa shape index (κ1) is 11.3. The van der Waals surface area contributed by atoms with E-state index in [-0.39, 0.29) is 6.04 Å². The number of hydrogen-bond donors (Lipinski definition) is 1. The van der Waals surface area contributed by atoms with Crippen LogP contribution in [0.15, 0.2) is 36.7 Å². The monoisotopic (exact) mass is 232 g/mol. The zero-order valence-electron chi connectivity index (χ0n) is 9.55. The largest absolute Gasteiger partial charge is 0.323 e. The van der Waals surface area contributed by atoms with Gasteiger partial charge in [-0.15, -0.1) is 11.3 Å². The smallest absolute Gasteiger partial charge is 0.0413 e. The van der Waals surface area contributed by atoms with E-state index in [2.05, 4.69) is 37.0 Å². The van der Waals surface area contributed by atoms with Crippen LogP contribution in [0.25, 0.3) is 10.4 Å². The molecule has 0 bridgehead atoms. The van der Waals surface area contributed by atoms with Crippen LogP contribution < -0.4 is 5.73 Å². The van der Waals surface area contributed by atoms with Gasteiger partial charge in [-0.25, -0.2) is 0 Å². The molecule has 2 rings (SSSR count). The number of rotatable bonds is 3. The number of nitrogens with two attached hydrogens (primary N) is 1. The highest BCUT2D eigenvalue weighted by atomic mass is 32.1. The summed E-state index contributed by atoms with van der Waals surface area (Å²) in [5, 5.41) is 0. The summed E-state index contributed by atoms with van der Waals surface area (Å²) >= 11 is 1.76. The van der Waals surface area contributed by atoms with Gasteiger partial charge >= 0.3 is 0 Å². The van der Waals surface area contributed by atoms with Crippen LogP contribution in [0, 0.1) is 5.92 Å². The van der Waals surface area contributed by atoms with Crippen LogP contribution in [0.2, 0.25) is 0 Å². The van der Waals surface area contributed by atoms with Gasteiger partial charge in [0.05, 0.1) is 0 Å². The van der Waals surface area contributed by atoms with E-state index in [1.165, 1.54) is 9.75 Å². The SMILES string of the molecule is CC(C)C(N)c1ccc(-c2cccnc2)s1. The van der Waals surface area contributed by atoms with Gasteiger partial charge in [-0.05, 0) is 24.1 Å². The van der Waals surface area contributed by atoms with Crippen molar-refractivity contribution in [3.05, 3.63) is 41.5 Å². The Labute approximate surface area is 100 Å². The highest BCUT2D eigenvalue weighted by Gasteiger charge is 2.13. The molecule has 0 radical (unpaired) electrons. The topological polar surface area (TPSA) is 38.9 Å². The fraction of sp³-hybridized carbons (Fsp3) is 0.308. The molecular weight excluding hydrogens is 216 g/mol. The van der Waals surface area contributed by atoms with Crippen molar-refractivity contribution in [1.82, 2.24) is 4.98 Å². The lowest BCUT2D eigenvalue weighted by Crippen LogP contribution is -2.14. The molecule has 16 heavy (non-hydrogen) atoms. The molecule has 2 nitrogen and oxygen atoms in total. The Balaban J connectivity index is 2.27. The lowest BCUT2D eigenvalue weighted by atomic mass is 10.0. The van der Waals surface area contributed by atoms with Crippen molar-refractivity contribution < 1.29 is 0 Å². The first-order chi connectivity index (χ1) is 7.68. The predicted octanol–water partition coefficient (Wildman–Crippen LogP) is 3.47. The van der Waals surface area contributed by atoms with Crippen LogP contribution in [0.3, 0.4) is 0 Å². The van der Waals surface area contributed by atoms with Crippen LogP contribution in [-0.4, -0.2) is 4.98 Å². The van der Waals surface area contributed by atoms with Gasteiger partial charge in [0.2, 0.25) is 0 Å². The summed E-state index contributed by atoms with van der Waals surface area (Å²) in [6.07, 6.45) is 3.67. The number of aromatic nitrogens is 1. The Morgan fingerprint density at radius 1 is 1.25 bits per heavy atom. The van der Waals surface area contributed by atoms with E-state index < -0.39 is 0 Å². The van der Waals surface area contributed by atoms with E-state index >= 15 is 0 Å². The normalized spacial score (nSPS) is 13.0. The molecule has 0 aliphatic rings. The molecule has 1 atom stereocenters. The summed E-state index contributed by atoms with van der Waals surface area (Å²) in [5.74, 6) is 0.473. The molecule has 2 aromatic rings. The molecule has 0 aliphatic carbocycles. The molecule has 0 spiro atoms. The number of thiophene rings is 1. The molecule has 0 amide bonds. The van der Waals surface area contributed by atoms with Crippen molar-refractivity contribution in [3.8, 4) is 10.4 Å². The van der Waals surface area contributed by atoms with Gasteiger partial charge in [-0.3, -0.25) is 4.98 Å². The molecule has 0 saturated carbocycles. The maximum atomic E-state index is 6.12. The quantitative estimate of drug-likeness (QED) is 0.880. The molecule has 0 aliphatic heterocycles. The highest BCUT2D eigenvalue weighted by molar-refractivity contribution is 7.15. The predicted molar refractivity (Wildman–Crippen MR) is 69.3 cm³/mol. The van der Waals surface area contributed by atoms with E-state index in [9.17, 15) is 0 Å². The Kier molecular flexibility index (Phi) is 3.36. The molecule has 0 fully saturated rings. The third-order valence-electron chi connectivity index (χ3n) is 2.62. The summed E-state index contributed by atoms with van der Waals surface area (Å²) < 4.78 is 0. The van der Waals surface area contributed by atoms with Crippen LogP contribution in [-0.2, 0) is 0 Å². The van der Waals surface area contributed by atoms with Gasteiger partial charge in [0.1, 0.15) is 0 Å². The Morgan fingerprint density at radius 2 is 2.06 bits per heavy atom. The maximum Gasteiger partial charge on any atom is 0.0413 e. The zero-order valence-corrected chi connectivity index (χ0v) is 10.4. The van der Waals surface area contributed by atoms with Gasteiger partial charge in [-0.1, -0.05) is 19.9 Å². The summed E-state index contributed by atoms with van der Waals surface area (Å²) in [7, 11) is 0. The Bertz CT molecular complexity index is 448. The van der Waals surface area contributed by atoms with Crippen LogP contribution >= 0.6 is 11.3 Å². The Morgan fingerprint density at radius 3 is 2.69 bits per heavy atom. The average molecular weight is 232 g/mol. The van der Waals surface area contributed by atoms with Gasteiger partial charge in [-0.2, -0.15) is 0 Å². The summed E-state index contributed by atoms with van der Waals surface area (Å²) in [5.41, 5.74) is 7.29. The molecule has 2 N–H and O–H groups in total. The molecule has 1 unspecified atom stereocenters. The summed E-state index contributed by atoms with van der Waals surface area (Å²) in [4.78, 5) is 6.61. The standard InChI is InChI=1S/C13H16N2S/c1-9(2)13(14)12-6-5-11(16-12)10-4-3-7-15-8-10/h3-9,13H,14H2,1-2H3. The molecule has 84 valence electrons. The van der Waals surface area contributed by atoms with Crippen LogP contribution in [0.4, 0.5) is 0 Å². The number of hydrogen-bond acceptors (Lipinski definition) is 3. The van der Waals surface area contributed by atoms with E-state index in [1.54, 1.807) is 17.5 Å². The lowest BCUT2D eigenvalue weighted by molar-refractivity contribution is 0.521. The Hall–Kier alpha value is -1.19. The van der Waals surface area contributed by atoms with E-state index in [4.69, 9.17) is 5.73 Å². The maximum absolute atomic E-state index is 6.12. The average Bonchev–Trinajstić information content (AvgIpc) is 2.78. The fourth-order valence-electron chi connectivity index (χ4n) is 1.52. The zero-order chi connectivity index (χ0) is 11.5. The second-order valence-corrected chi connectivity index (χ2v) is 5.33. The van der Waals surface area contributed by atoms with E-state index in [1.807, 2.05) is 12.3 Å². The van der Waals surface area contributed by atoms with Crippen molar-refractivity contribution in [3.63, 3.8) is 0 Å². The minimum absolute atomic E-state index is 0.135. The van der Waals surface area contributed by atoms with Crippen molar-refractivity contribution in [2.75, 3.05) is 0 Å². The van der Waals surface area contributed by atoms with E-state index in [0.29, 0.717) is 5.92 Å². The van der Waals surface area contributed by atoms with Crippen molar-refractivity contribution in [1.29, 1.82) is 0 Å². The second kappa shape index (κ2) is 4.76. The van der Waals surface area contributed by atoms with Gasteiger partial charge in [0.15, 0.2) is 0 Å². The fourth-order valence-corrected chi connectivity index (χ4v) is 2.70. The number of pyridine rings is 1. The molecule has 2 aromatic heterocycles. The van der Waals surface area contributed by atoms with Gasteiger partial charge in [0.25, 0.3) is 0 Å². The second-order valence-electron chi connectivity index (χ2n) is 4.21. The van der Waals surface area contributed by atoms with Crippen molar-refractivity contribution in [2.24, 2.45) is 11.7 Å². The molecule has 3 heteroatoms. The summed E-state index contributed by atoms with van der Waals surface area (Å²) in [6.45, 7) is 4.29. The summed E-state index contributed by atoms with van der Waals surface area (Å²) in [6, 6.07) is 8.41. The van der Waals surface area contributed by atoms with Crippen LogP contribution in [0.1, 0.15) is 24.8 Å². The highest BCUT2D eigenvalue weighted by Crippen LogP contribution is 2.32. The van der Waals surface area contributed by atoms with Crippen LogP contribution in [0.5, 0.6) is 0 Å². The van der Waals surface area contributed by atoms with Gasteiger partial charge in [0, 0.05) is 33.8 Å². The minimum Gasteiger partial charge on any atom is -0.323 e. The lowest BCUT2D eigenvalue weighted by Gasteiger charge is -2.12. The first-order valence-electron chi connectivity index (χ1n) is 5.44. The first-order valence-corrected chi connectivity index (χ1v) is 6.26.